The quantitative estimate of drug-likeness (QED) is 0.596. The molecule has 0 heterocycles. The Bertz CT molecular complexity index is 687. The molecule has 1 unspecified atom stereocenters. The number of carbonyl (C=O) groups is 1. The van der Waals surface area contributed by atoms with Gasteiger partial charge in [0.05, 0.1) is 12.0 Å². The monoisotopic (exact) mass is 378 g/mol. The summed E-state index contributed by atoms with van der Waals surface area (Å²) in [4.78, 5) is 23.2. The number of hydrogen-bond donors (Lipinski definition) is 2. The molecule has 2 rings (SSSR count). The third kappa shape index (κ3) is 5.46. The Morgan fingerprint density at radius 1 is 1.17 bits per heavy atom. The second-order valence-electron chi connectivity index (χ2n) is 5.29. The first-order valence-corrected chi connectivity index (χ1v) is 7.83. The molecule has 0 aliphatic rings. The highest BCUT2D eigenvalue weighted by molar-refractivity contribution is 9.10. The van der Waals surface area contributed by atoms with Gasteiger partial charge in [-0.1, -0.05) is 28.1 Å². The Kier molecular flexibility index (Phi) is 5.84. The van der Waals surface area contributed by atoms with Crippen LogP contribution in [0.1, 0.15) is 5.56 Å². The molecule has 0 spiro atoms. The number of nitro benzene ring substituents is 1. The maximum Gasteiger partial charge on any atom is 0.279 e. The largest absolute Gasteiger partial charge is 0.326 e. The number of quaternary nitrogens is 1. The summed E-state index contributed by atoms with van der Waals surface area (Å²) in [5.41, 5.74) is 1.70. The summed E-state index contributed by atoms with van der Waals surface area (Å²) in [6, 6.07) is 13.8. The number of benzene rings is 2. The van der Waals surface area contributed by atoms with Gasteiger partial charge in [-0.3, -0.25) is 14.9 Å². The van der Waals surface area contributed by atoms with Crippen LogP contribution in [0.4, 0.5) is 11.4 Å². The summed E-state index contributed by atoms with van der Waals surface area (Å²) in [5.74, 6) is -0.131. The number of hydrogen-bond acceptors (Lipinski definition) is 3. The molecule has 2 N–H and O–H groups in total. The van der Waals surface area contributed by atoms with E-state index in [-0.39, 0.29) is 11.6 Å². The number of non-ortho nitro benzene ring substituents is 1. The SMILES string of the molecule is C[NH+](CC(=O)Nc1ccc([N+](=O)[O-])cc1)Cc1ccc(Br)cc1. The van der Waals surface area contributed by atoms with Crippen molar-refractivity contribution in [2.45, 2.75) is 6.54 Å². The third-order valence-corrected chi connectivity index (χ3v) is 3.77. The van der Waals surface area contributed by atoms with Crippen LogP contribution in [-0.4, -0.2) is 24.4 Å². The number of nitrogens with one attached hydrogen (secondary N) is 2. The van der Waals surface area contributed by atoms with E-state index in [2.05, 4.69) is 21.2 Å². The van der Waals surface area contributed by atoms with E-state index in [1.54, 1.807) is 0 Å². The molecule has 0 radical (unpaired) electrons. The molecule has 0 fully saturated rings. The van der Waals surface area contributed by atoms with Crippen molar-refractivity contribution < 1.29 is 14.6 Å². The second-order valence-corrected chi connectivity index (χ2v) is 6.20. The van der Waals surface area contributed by atoms with Gasteiger partial charge in [-0.2, -0.15) is 0 Å². The van der Waals surface area contributed by atoms with E-state index in [4.69, 9.17) is 0 Å². The van der Waals surface area contributed by atoms with Crippen LogP contribution in [0.3, 0.4) is 0 Å². The molecule has 2 aromatic rings. The van der Waals surface area contributed by atoms with Gasteiger partial charge in [0.25, 0.3) is 11.6 Å². The van der Waals surface area contributed by atoms with Crippen LogP contribution in [0.25, 0.3) is 0 Å². The highest BCUT2D eigenvalue weighted by Crippen LogP contribution is 2.15. The molecular formula is C16H17BrN3O3+. The van der Waals surface area contributed by atoms with E-state index in [0.29, 0.717) is 12.2 Å². The predicted octanol–water partition coefficient (Wildman–Crippen LogP) is 2.01. The zero-order valence-corrected chi connectivity index (χ0v) is 14.2. The topological polar surface area (TPSA) is 76.7 Å². The van der Waals surface area contributed by atoms with Crippen LogP contribution in [-0.2, 0) is 11.3 Å². The van der Waals surface area contributed by atoms with Gasteiger partial charge in [-0.15, -0.1) is 0 Å². The van der Waals surface area contributed by atoms with Crippen LogP contribution in [0.15, 0.2) is 53.0 Å². The van der Waals surface area contributed by atoms with Gasteiger partial charge in [0.2, 0.25) is 0 Å². The Morgan fingerprint density at radius 3 is 2.35 bits per heavy atom. The molecule has 2 aromatic carbocycles. The maximum atomic E-state index is 12.0. The minimum Gasteiger partial charge on any atom is -0.326 e. The third-order valence-electron chi connectivity index (χ3n) is 3.24. The number of carbonyl (C=O) groups excluding carboxylic acids is 1. The number of halogens is 1. The standard InChI is InChI=1S/C16H16BrN3O3/c1-19(10-12-2-4-13(17)5-3-12)11-16(21)18-14-6-8-15(9-7-14)20(22)23/h2-9H,10-11H2,1H3,(H,18,21)/p+1. The molecule has 120 valence electrons. The maximum absolute atomic E-state index is 12.0. The molecule has 1 amide bonds. The minimum atomic E-state index is -0.470. The summed E-state index contributed by atoms with van der Waals surface area (Å²) in [6.45, 7) is 1.05. The fourth-order valence-corrected chi connectivity index (χ4v) is 2.42. The van der Waals surface area contributed by atoms with Gasteiger partial charge in [-0.25, -0.2) is 0 Å². The van der Waals surface area contributed by atoms with Gasteiger partial charge < -0.3 is 10.2 Å². The van der Waals surface area contributed by atoms with Crippen molar-refractivity contribution in [3.05, 3.63) is 68.7 Å². The summed E-state index contributed by atoms with van der Waals surface area (Å²) < 4.78 is 1.02. The normalized spacial score (nSPS) is 11.7. The fraction of sp³-hybridized carbons (Fsp3) is 0.188. The van der Waals surface area contributed by atoms with Crippen LogP contribution in [0.5, 0.6) is 0 Å². The lowest BCUT2D eigenvalue weighted by molar-refractivity contribution is -0.885. The van der Waals surface area contributed by atoms with Crippen molar-refractivity contribution in [3.63, 3.8) is 0 Å². The van der Waals surface area contributed by atoms with Crippen molar-refractivity contribution in [2.24, 2.45) is 0 Å². The molecule has 0 saturated heterocycles. The van der Waals surface area contributed by atoms with Crippen molar-refractivity contribution in [3.8, 4) is 0 Å². The van der Waals surface area contributed by atoms with E-state index in [1.165, 1.54) is 24.3 Å². The van der Waals surface area contributed by atoms with Crippen LogP contribution >= 0.6 is 15.9 Å². The fourth-order valence-electron chi connectivity index (χ4n) is 2.16. The molecule has 0 aliphatic heterocycles. The van der Waals surface area contributed by atoms with Gasteiger partial charge in [0.1, 0.15) is 6.54 Å². The first-order chi connectivity index (χ1) is 10.9. The lowest BCUT2D eigenvalue weighted by atomic mass is 10.2. The highest BCUT2D eigenvalue weighted by Gasteiger charge is 2.12. The number of amides is 1. The van der Waals surface area contributed by atoms with E-state index < -0.39 is 4.92 Å². The Balaban J connectivity index is 1.86. The van der Waals surface area contributed by atoms with Crippen LogP contribution < -0.4 is 10.2 Å². The number of rotatable bonds is 6. The second kappa shape index (κ2) is 7.85. The number of likely N-dealkylation sites (N-methyl/N-ethyl adjacent to an activating group) is 1. The lowest BCUT2D eigenvalue weighted by Gasteiger charge is -2.14. The smallest absolute Gasteiger partial charge is 0.279 e. The Labute approximate surface area is 142 Å². The summed E-state index contributed by atoms with van der Waals surface area (Å²) in [7, 11) is 1.94. The molecular weight excluding hydrogens is 362 g/mol. The summed E-state index contributed by atoms with van der Waals surface area (Å²) in [6.07, 6.45) is 0. The Morgan fingerprint density at radius 2 is 1.78 bits per heavy atom. The van der Waals surface area contributed by atoms with E-state index in [9.17, 15) is 14.9 Å². The number of anilines is 1. The first kappa shape index (κ1) is 17.1. The lowest BCUT2D eigenvalue weighted by Crippen LogP contribution is -3.08. The molecule has 0 aromatic heterocycles. The molecule has 7 heteroatoms. The molecule has 6 nitrogen and oxygen atoms in total. The van der Waals surface area contributed by atoms with Crippen LogP contribution in [0, 0.1) is 10.1 Å². The first-order valence-electron chi connectivity index (χ1n) is 7.04. The molecule has 0 bridgehead atoms. The van der Waals surface area contributed by atoms with Gasteiger partial charge >= 0.3 is 0 Å². The number of nitrogens with zero attached hydrogens (tertiary/aromatic N) is 1. The predicted molar refractivity (Wildman–Crippen MR) is 91.3 cm³/mol. The molecule has 0 saturated carbocycles. The molecule has 23 heavy (non-hydrogen) atoms. The average molecular weight is 379 g/mol. The zero-order chi connectivity index (χ0) is 16.8. The van der Waals surface area contributed by atoms with Crippen LogP contribution in [0.2, 0.25) is 0 Å². The van der Waals surface area contributed by atoms with E-state index in [1.807, 2.05) is 31.3 Å². The van der Waals surface area contributed by atoms with E-state index in [0.717, 1.165) is 21.5 Å². The minimum absolute atomic E-state index is 0.000908. The van der Waals surface area contributed by atoms with E-state index >= 15 is 0 Å². The van der Waals surface area contributed by atoms with Crippen molar-refractivity contribution >= 4 is 33.2 Å². The molecule has 1 atom stereocenters. The van der Waals surface area contributed by atoms with Crippen molar-refractivity contribution in [2.75, 3.05) is 18.9 Å². The van der Waals surface area contributed by atoms with Gasteiger partial charge in [-0.05, 0) is 24.3 Å². The van der Waals surface area contributed by atoms with Gasteiger partial charge in [0, 0.05) is 27.9 Å². The zero-order valence-electron chi connectivity index (χ0n) is 12.6. The Hall–Kier alpha value is -2.25. The summed E-state index contributed by atoms with van der Waals surface area (Å²) in [5, 5.41) is 13.3. The van der Waals surface area contributed by atoms with Crippen molar-refractivity contribution in [1.82, 2.24) is 0 Å². The molecule has 0 aliphatic carbocycles. The van der Waals surface area contributed by atoms with Crippen molar-refractivity contribution in [1.29, 1.82) is 0 Å². The van der Waals surface area contributed by atoms with Gasteiger partial charge in [0.15, 0.2) is 6.54 Å². The average Bonchev–Trinajstić information content (AvgIpc) is 2.50. The highest BCUT2D eigenvalue weighted by atomic mass is 79.9. The number of nitro groups is 1. The summed E-state index contributed by atoms with van der Waals surface area (Å²) >= 11 is 3.39.